The summed E-state index contributed by atoms with van der Waals surface area (Å²) in [7, 11) is 0. The first kappa shape index (κ1) is 13.9. The molecule has 1 rings (SSSR count). The second kappa shape index (κ2) is 7.25. The quantitative estimate of drug-likeness (QED) is 0.559. The Balaban J connectivity index is 2.52. The highest BCUT2D eigenvalue weighted by molar-refractivity contribution is 5.24. The molecule has 1 aromatic heterocycles. The maximum absolute atomic E-state index is 8.93. The van der Waals surface area contributed by atoms with E-state index in [9.17, 15) is 0 Å². The maximum atomic E-state index is 8.93. The molecule has 0 aliphatic carbocycles. The first-order chi connectivity index (χ1) is 8.20. The summed E-state index contributed by atoms with van der Waals surface area (Å²) in [5, 5.41) is 16.8. The van der Waals surface area contributed by atoms with Gasteiger partial charge in [0.25, 0.3) is 0 Å². The van der Waals surface area contributed by atoms with E-state index in [0.29, 0.717) is 6.54 Å². The lowest BCUT2D eigenvalue weighted by atomic mass is 10.2. The molecule has 0 amide bonds. The molecule has 0 saturated carbocycles. The molecule has 2 N–H and O–H groups in total. The molecule has 0 atom stereocenters. The van der Waals surface area contributed by atoms with E-state index in [1.807, 2.05) is 18.5 Å². The smallest absolute Gasteiger partial charge is 0.0644 e. The average Bonchev–Trinajstić information content (AvgIpc) is 2.56. The van der Waals surface area contributed by atoms with Crippen molar-refractivity contribution in [2.75, 3.05) is 13.2 Å². The number of nitrogens with one attached hydrogen (secondary N) is 1. The third-order valence-corrected chi connectivity index (χ3v) is 2.87. The third kappa shape index (κ3) is 3.98. The van der Waals surface area contributed by atoms with Crippen LogP contribution in [0.2, 0.25) is 0 Å². The van der Waals surface area contributed by atoms with Gasteiger partial charge in [-0.3, -0.25) is 4.68 Å². The van der Waals surface area contributed by atoms with E-state index < -0.39 is 0 Å². The highest BCUT2D eigenvalue weighted by Crippen LogP contribution is 2.12. The van der Waals surface area contributed by atoms with E-state index >= 15 is 0 Å². The van der Waals surface area contributed by atoms with Gasteiger partial charge in [-0.25, -0.2) is 0 Å². The van der Waals surface area contributed by atoms with Gasteiger partial charge in [-0.05, 0) is 33.7 Å². The molecule has 1 aromatic rings. The van der Waals surface area contributed by atoms with E-state index in [1.54, 1.807) is 0 Å². The Kier molecular flexibility index (Phi) is 5.94. The van der Waals surface area contributed by atoms with Crippen molar-refractivity contribution in [1.29, 1.82) is 0 Å². The van der Waals surface area contributed by atoms with E-state index in [0.717, 1.165) is 30.9 Å². The van der Waals surface area contributed by atoms with Crippen LogP contribution < -0.4 is 5.32 Å². The Morgan fingerprint density at radius 3 is 2.82 bits per heavy atom. The van der Waals surface area contributed by atoms with Crippen LogP contribution in [0.4, 0.5) is 0 Å². The first-order valence-electron chi connectivity index (χ1n) is 6.16. The molecule has 4 nitrogen and oxygen atoms in total. The van der Waals surface area contributed by atoms with Crippen LogP contribution in [0, 0.1) is 13.8 Å². The number of aliphatic hydroxyl groups is 1. The number of aliphatic hydroxyl groups excluding tert-OH is 1. The van der Waals surface area contributed by atoms with Gasteiger partial charge in [-0.1, -0.05) is 12.2 Å². The fourth-order valence-electron chi connectivity index (χ4n) is 1.87. The molecule has 96 valence electrons. The summed E-state index contributed by atoms with van der Waals surface area (Å²) in [5.74, 6) is 0. The topological polar surface area (TPSA) is 50.1 Å². The summed E-state index contributed by atoms with van der Waals surface area (Å²) in [6, 6.07) is 0. The number of nitrogens with zero attached hydrogens (tertiary/aromatic N) is 2. The molecule has 0 saturated heterocycles. The van der Waals surface area contributed by atoms with Gasteiger partial charge in [-0.2, -0.15) is 5.10 Å². The van der Waals surface area contributed by atoms with Crippen molar-refractivity contribution in [1.82, 2.24) is 15.1 Å². The SMILES string of the molecule is C/C=C/CCNCc1c(C)nn(CCO)c1C. The monoisotopic (exact) mass is 237 g/mol. The highest BCUT2D eigenvalue weighted by atomic mass is 16.3. The highest BCUT2D eigenvalue weighted by Gasteiger charge is 2.09. The summed E-state index contributed by atoms with van der Waals surface area (Å²) < 4.78 is 1.87. The normalized spacial score (nSPS) is 11.5. The van der Waals surface area contributed by atoms with Gasteiger partial charge in [0.1, 0.15) is 0 Å². The van der Waals surface area contributed by atoms with Crippen LogP contribution in [-0.2, 0) is 13.1 Å². The van der Waals surface area contributed by atoms with Crippen molar-refractivity contribution in [3.63, 3.8) is 0 Å². The first-order valence-corrected chi connectivity index (χ1v) is 6.16. The van der Waals surface area contributed by atoms with Crippen LogP contribution in [0.5, 0.6) is 0 Å². The van der Waals surface area contributed by atoms with Gasteiger partial charge in [0.2, 0.25) is 0 Å². The average molecular weight is 237 g/mol. The molecular weight excluding hydrogens is 214 g/mol. The molecule has 0 aliphatic rings. The number of hydrogen-bond donors (Lipinski definition) is 2. The fraction of sp³-hybridized carbons (Fsp3) is 0.615. The molecule has 0 unspecified atom stereocenters. The standard InChI is InChI=1S/C13H23N3O/c1-4-5-6-7-14-10-13-11(2)15-16(8-9-17)12(13)3/h4-5,14,17H,6-10H2,1-3H3/b5-4+. The lowest BCUT2D eigenvalue weighted by Crippen LogP contribution is -2.15. The summed E-state index contributed by atoms with van der Waals surface area (Å²) in [4.78, 5) is 0. The van der Waals surface area contributed by atoms with Crippen molar-refractivity contribution in [2.24, 2.45) is 0 Å². The Hall–Kier alpha value is -1.13. The zero-order valence-corrected chi connectivity index (χ0v) is 11.0. The van der Waals surface area contributed by atoms with E-state index in [-0.39, 0.29) is 6.61 Å². The summed E-state index contributed by atoms with van der Waals surface area (Å²) in [6.45, 7) is 8.64. The molecule has 0 spiro atoms. The fourth-order valence-corrected chi connectivity index (χ4v) is 1.87. The molecule has 0 fully saturated rings. The molecule has 4 heteroatoms. The molecular formula is C13H23N3O. The van der Waals surface area contributed by atoms with Crippen molar-refractivity contribution < 1.29 is 5.11 Å². The van der Waals surface area contributed by atoms with Gasteiger partial charge in [0.15, 0.2) is 0 Å². The minimum absolute atomic E-state index is 0.135. The van der Waals surface area contributed by atoms with Crippen LogP contribution in [0.1, 0.15) is 30.3 Å². The summed E-state index contributed by atoms with van der Waals surface area (Å²) >= 11 is 0. The Morgan fingerprint density at radius 2 is 2.18 bits per heavy atom. The van der Waals surface area contributed by atoms with E-state index in [2.05, 4.69) is 29.5 Å². The van der Waals surface area contributed by atoms with E-state index in [4.69, 9.17) is 5.11 Å². The Morgan fingerprint density at radius 1 is 1.41 bits per heavy atom. The van der Waals surface area contributed by atoms with Crippen LogP contribution in [0.25, 0.3) is 0 Å². The van der Waals surface area contributed by atoms with Crippen LogP contribution in [0.3, 0.4) is 0 Å². The van der Waals surface area contributed by atoms with Gasteiger partial charge >= 0.3 is 0 Å². The van der Waals surface area contributed by atoms with E-state index in [1.165, 1.54) is 5.56 Å². The molecule has 1 heterocycles. The van der Waals surface area contributed by atoms with Crippen LogP contribution in [-0.4, -0.2) is 28.0 Å². The molecule has 17 heavy (non-hydrogen) atoms. The second-order valence-corrected chi connectivity index (χ2v) is 4.13. The molecule has 0 radical (unpaired) electrons. The number of rotatable bonds is 7. The van der Waals surface area contributed by atoms with Crippen molar-refractivity contribution in [2.45, 2.75) is 40.3 Å². The van der Waals surface area contributed by atoms with Crippen molar-refractivity contribution in [3.05, 3.63) is 29.1 Å². The zero-order chi connectivity index (χ0) is 12.7. The van der Waals surface area contributed by atoms with Gasteiger partial charge in [0, 0.05) is 17.8 Å². The number of hydrogen-bond acceptors (Lipinski definition) is 3. The second-order valence-electron chi connectivity index (χ2n) is 4.13. The maximum Gasteiger partial charge on any atom is 0.0644 e. The lowest BCUT2D eigenvalue weighted by Gasteiger charge is -2.05. The zero-order valence-electron chi connectivity index (χ0n) is 11.0. The van der Waals surface area contributed by atoms with Gasteiger partial charge in [0.05, 0.1) is 18.8 Å². The van der Waals surface area contributed by atoms with Gasteiger partial charge < -0.3 is 10.4 Å². The lowest BCUT2D eigenvalue weighted by molar-refractivity contribution is 0.267. The number of allylic oxidation sites excluding steroid dienone is 1. The Bertz CT molecular complexity index is 369. The molecule has 0 aromatic carbocycles. The summed E-state index contributed by atoms with van der Waals surface area (Å²) in [5.41, 5.74) is 3.45. The third-order valence-electron chi connectivity index (χ3n) is 2.87. The van der Waals surface area contributed by atoms with Crippen LogP contribution >= 0.6 is 0 Å². The number of aryl methyl sites for hydroxylation is 1. The number of aromatic nitrogens is 2. The largest absolute Gasteiger partial charge is 0.394 e. The Labute approximate surface area is 103 Å². The minimum atomic E-state index is 0.135. The minimum Gasteiger partial charge on any atom is -0.394 e. The predicted molar refractivity (Wildman–Crippen MR) is 69.9 cm³/mol. The molecule has 0 aliphatic heterocycles. The van der Waals surface area contributed by atoms with Crippen molar-refractivity contribution in [3.8, 4) is 0 Å². The van der Waals surface area contributed by atoms with Crippen molar-refractivity contribution >= 4 is 0 Å². The predicted octanol–water partition coefficient (Wildman–Crippen LogP) is 1.55. The molecule has 0 bridgehead atoms. The van der Waals surface area contributed by atoms with Gasteiger partial charge in [-0.15, -0.1) is 0 Å². The van der Waals surface area contributed by atoms with Crippen LogP contribution in [0.15, 0.2) is 12.2 Å². The summed E-state index contributed by atoms with van der Waals surface area (Å²) in [6.07, 6.45) is 5.28.